The third-order valence-electron chi connectivity index (χ3n) is 7.27. The Morgan fingerprint density at radius 1 is 0.895 bits per heavy atom. The smallest absolute Gasteiger partial charge is 0.231 e. The molecule has 2 N–H and O–H groups in total. The summed E-state index contributed by atoms with van der Waals surface area (Å²) in [4.78, 5) is 14.0. The van der Waals surface area contributed by atoms with Crippen LogP contribution in [0.1, 0.15) is 35.9 Å². The van der Waals surface area contributed by atoms with Gasteiger partial charge < -0.3 is 34.3 Å². The number of Topliss-reactive ketones (excluding diaryl/α,β-unsaturated/α-hetero) is 1. The zero-order chi connectivity index (χ0) is 26.4. The molecule has 3 aromatic carbocycles. The Bertz CT molecular complexity index is 1440. The highest BCUT2D eigenvalue weighted by Crippen LogP contribution is 2.49. The van der Waals surface area contributed by atoms with Crippen molar-refractivity contribution in [3.63, 3.8) is 0 Å². The van der Waals surface area contributed by atoms with E-state index >= 15 is 0 Å². The molecule has 2 aliphatic heterocycles. The van der Waals surface area contributed by atoms with Gasteiger partial charge in [-0.2, -0.15) is 0 Å². The van der Waals surface area contributed by atoms with Crippen LogP contribution in [0.2, 0.25) is 5.02 Å². The number of para-hydroxylation sites is 2. The van der Waals surface area contributed by atoms with E-state index in [-0.39, 0.29) is 18.5 Å². The van der Waals surface area contributed by atoms with E-state index < -0.39 is 6.04 Å². The highest BCUT2D eigenvalue weighted by Gasteiger charge is 2.38. The van der Waals surface area contributed by atoms with E-state index in [1.54, 1.807) is 27.4 Å². The summed E-state index contributed by atoms with van der Waals surface area (Å²) in [5.74, 6) is 2.76. The van der Waals surface area contributed by atoms with Crippen LogP contribution < -0.4 is 34.3 Å². The minimum atomic E-state index is -0.475. The number of nitrogens with one attached hydrogen (secondary N) is 2. The topological polar surface area (TPSA) is 87.3 Å². The van der Waals surface area contributed by atoms with Crippen LogP contribution in [0.25, 0.3) is 0 Å². The Hall–Kier alpha value is -4.04. The van der Waals surface area contributed by atoms with Gasteiger partial charge in [0.1, 0.15) is 0 Å². The molecule has 9 heteroatoms. The Morgan fingerprint density at radius 3 is 2.26 bits per heavy atom. The van der Waals surface area contributed by atoms with Gasteiger partial charge >= 0.3 is 0 Å². The largest absolute Gasteiger partial charge is 0.493 e. The molecule has 8 nitrogen and oxygen atoms in total. The Balaban J connectivity index is 1.46. The van der Waals surface area contributed by atoms with Gasteiger partial charge in [0.05, 0.1) is 43.8 Å². The first-order valence-corrected chi connectivity index (χ1v) is 12.7. The molecule has 0 amide bonds. The average molecular weight is 535 g/mol. The maximum Gasteiger partial charge on any atom is 0.231 e. The van der Waals surface area contributed by atoms with Crippen molar-refractivity contribution < 1.29 is 28.5 Å². The van der Waals surface area contributed by atoms with Gasteiger partial charge in [0.2, 0.25) is 12.5 Å². The summed E-state index contributed by atoms with van der Waals surface area (Å²) in [6, 6.07) is 14.9. The third kappa shape index (κ3) is 4.05. The van der Waals surface area contributed by atoms with Crippen molar-refractivity contribution in [3.8, 4) is 28.7 Å². The molecule has 0 aromatic heterocycles. The minimum Gasteiger partial charge on any atom is -0.493 e. The lowest BCUT2D eigenvalue weighted by Crippen LogP contribution is -2.27. The van der Waals surface area contributed by atoms with Crippen LogP contribution in [0.5, 0.6) is 28.7 Å². The molecule has 196 valence electrons. The zero-order valence-electron chi connectivity index (χ0n) is 21.2. The number of ether oxygens (including phenoxy) is 5. The number of ketones is 1. The predicted octanol–water partition coefficient (Wildman–Crippen LogP) is 6.07. The fourth-order valence-electron chi connectivity index (χ4n) is 5.45. The number of methoxy groups -OCH3 is 3. The molecule has 38 heavy (non-hydrogen) atoms. The van der Waals surface area contributed by atoms with E-state index in [0.29, 0.717) is 52.2 Å². The van der Waals surface area contributed by atoms with E-state index in [4.69, 9.17) is 35.3 Å². The number of benzene rings is 3. The summed E-state index contributed by atoms with van der Waals surface area (Å²) in [5.41, 5.74) is 4.95. The monoisotopic (exact) mass is 534 g/mol. The number of allylic oxidation sites excluding steroid dienone is 1. The minimum absolute atomic E-state index is 0.0246. The van der Waals surface area contributed by atoms with Crippen molar-refractivity contribution in [1.29, 1.82) is 0 Å². The zero-order valence-corrected chi connectivity index (χ0v) is 22.0. The van der Waals surface area contributed by atoms with Crippen molar-refractivity contribution in [1.82, 2.24) is 0 Å². The molecule has 3 aromatic rings. The third-order valence-corrected chi connectivity index (χ3v) is 7.60. The number of hydrogen-bond acceptors (Lipinski definition) is 8. The highest BCUT2D eigenvalue weighted by molar-refractivity contribution is 6.31. The summed E-state index contributed by atoms with van der Waals surface area (Å²) in [6.45, 7) is 0.140. The summed E-state index contributed by atoms with van der Waals surface area (Å²) >= 11 is 6.75. The van der Waals surface area contributed by atoms with Crippen LogP contribution in [-0.2, 0) is 4.79 Å². The van der Waals surface area contributed by atoms with Gasteiger partial charge in [-0.05, 0) is 48.2 Å². The number of carbonyl (C=O) groups is 1. The van der Waals surface area contributed by atoms with E-state index in [1.165, 1.54) is 0 Å². The lowest BCUT2D eigenvalue weighted by Gasteiger charge is -2.30. The maximum absolute atomic E-state index is 14.0. The maximum atomic E-state index is 14.0. The van der Waals surface area contributed by atoms with Crippen molar-refractivity contribution in [2.24, 2.45) is 0 Å². The molecule has 0 spiro atoms. The van der Waals surface area contributed by atoms with Crippen molar-refractivity contribution in [2.75, 3.05) is 38.8 Å². The molecule has 0 bridgehead atoms. The lowest BCUT2D eigenvalue weighted by atomic mass is 9.78. The first-order valence-electron chi connectivity index (χ1n) is 12.3. The van der Waals surface area contributed by atoms with Gasteiger partial charge in [-0.3, -0.25) is 4.79 Å². The normalized spacial score (nSPS) is 19.5. The molecule has 2 heterocycles. The fourth-order valence-corrected chi connectivity index (χ4v) is 5.72. The van der Waals surface area contributed by atoms with Crippen LogP contribution in [0.3, 0.4) is 0 Å². The van der Waals surface area contributed by atoms with Gasteiger partial charge in [-0.25, -0.2) is 0 Å². The van der Waals surface area contributed by atoms with E-state index in [0.717, 1.165) is 28.2 Å². The second-order valence-electron chi connectivity index (χ2n) is 9.35. The average Bonchev–Trinajstić information content (AvgIpc) is 3.31. The number of hydrogen-bond donors (Lipinski definition) is 2. The molecule has 0 radical (unpaired) electrons. The van der Waals surface area contributed by atoms with Gasteiger partial charge in [0.25, 0.3) is 0 Å². The molecular weight excluding hydrogens is 508 g/mol. The van der Waals surface area contributed by atoms with E-state index in [9.17, 15) is 4.79 Å². The first-order chi connectivity index (χ1) is 18.5. The van der Waals surface area contributed by atoms with Crippen LogP contribution >= 0.6 is 11.6 Å². The summed E-state index contributed by atoms with van der Waals surface area (Å²) in [7, 11) is 4.74. The quantitative estimate of drug-likeness (QED) is 0.407. The Labute approximate surface area is 225 Å². The van der Waals surface area contributed by atoms with Crippen molar-refractivity contribution in [3.05, 3.63) is 76.0 Å². The number of fused-ring (bicyclic) bond motifs is 2. The predicted molar refractivity (Wildman–Crippen MR) is 144 cm³/mol. The van der Waals surface area contributed by atoms with Crippen LogP contribution in [-0.4, -0.2) is 33.9 Å². The molecule has 0 unspecified atom stereocenters. The van der Waals surface area contributed by atoms with Gasteiger partial charge in [0, 0.05) is 29.3 Å². The van der Waals surface area contributed by atoms with E-state index in [1.807, 2.05) is 42.5 Å². The summed E-state index contributed by atoms with van der Waals surface area (Å²) < 4.78 is 27.8. The molecule has 0 fully saturated rings. The first kappa shape index (κ1) is 24.3. The van der Waals surface area contributed by atoms with Crippen LogP contribution in [0, 0.1) is 0 Å². The summed E-state index contributed by atoms with van der Waals surface area (Å²) in [6.07, 6.45) is 0.921. The molecule has 2 atom stereocenters. The molecule has 1 aliphatic carbocycles. The van der Waals surface area contributed by atoms with Gasteiger partial charge in [-0.15, -0.1) is 0 Å². The highest BCUT2D eigenvalue weighted by atomic mass is 35.5. The van der Waals surface area contributed by atoms with Crippen LogP contribution in [0.15, 0.2) is 59.8 Å². The Kier molecular flexibility index (Phi) is 6.19. The number of halogens is 1. The number of rotatable bonds is 5. The number of carbonyl (C=O) groups excluding carboxylic acids is 1. The van der Waals surface area contributed by atoms with Gasteiger partial charge in [0.15, 0.2) is 28.8 Å². The fraction of sp³-hybridized carbons (Fsp3) is 0.276. The molecule has 0 saturated carbocycles. The van der Waals surface area contributed by atoms with E-state index in [2.05, 4.69) is 10.6 Å². The second-order valence-corrected chi connectivity index (χ2v) is 9.76. The Morgan fingerprint density at radius 2 is 1.58 bits per heavy atom. The van der Waals surface area contributed by atoms with Crippen LogP contribution in [0.4, 0.5) is 11.4 Å². The molecule has 0 saturated heterocycles. The van der Waals surface area contributed by atoms with Gasteiger partial charge in [-0.1, -0.05) is 23.7 Å². The lowest BCUT2D eigenvalue weighted by molar-refractivity contribution is -0.116. The molecule has 3 aliphatic rings. The van der Waals surface area contributed by atoms with Crippen molar-refractivity contribution >= 4 is 28.8 Å². The second kappa shape index (κ2) is 9.68. The summed E-state index contributed by atoms with van der Waals surface area (Å²) in [5, 5.41) is 7.62. The van der Waals surface area contributed by atoms with Crippen molar-refractivity contribution in [2.45, 2.75) is 24.8 Å². The number of anilines is 2. The molecular formula is C29H27ClN2O6. The molecule has 6 rings (SSSR count). The standard InChI is InChI=1S/C29H27ClN2O6/c1-34-25-10-16(11-26(35-2)29(25)36-3)15-8-21-27(22(33)9-15)28(32-20-7-5-4-6-19(20)31-21)17-12-23-24(13-18(17)30)38-14-37-23/h4-7,10-13,15,28,31-32H,8-9,14H2,1-3H3/t15-,28-/m0/s1. The SMILES string of the molecule is COc1cc([C@@H]2CC(=O)C3=C(C2)Nc2ccccc2N[C@H]3c2cc3c(cc2Cl)OCO3)cc(OC)c1OC.